The van der Waals surface area contributed by atoms with Gasteiger partial charge in [-0.15, -0.1) is 0 Å². The van der Waals surface area contributed by atoms with Gasteiger partial charge >= 0.3 is 0 Å². The zero-order valence-corrected chi connectivity index (χ0v) is 22.6. The normalized spacial score (nSPS) is 12.6. The van der Waals surface area contributed by atoms with Crippen LogP contribution in [-0.2, 0) is 14.8 Å². The van der Waals surface area contributed by atoms with Gasteiger partial charge in [0.05, 0.1) is 26.2 Å². The Hall–Kier alpha value is -3.02. The van der Waals surface area contributed by atoms with Crippen molar-refractivity contribution in [1.29, 1.82) is 0 Å². The van der Waals surface area contributed by atoms with Crippen LogP contribution in [0.15, 0.2) is 65.7 Å². The standard InChI is InChI=1S/C25H26Cl2N4O5S/c1-15(23(32)31-34)25(2,3)14-29-37(35,36)17-8-9-18(21(27)13-17)24(33)30-16-7-10-20(26)19(12-16)22-6-4-5-11-28-22/h4-13,15,29,34H,14H2,1-3H3,(H,30,33)(H,31,32). The summed E-state index contributed by atoms with van der Waals surface area (Å²) in [6.07, 6.45) is 1.63. The minimum Gasteiger partial charge on any atom is -0.322 e. The van der Waals surface area contributed by atoms with Crippen molar-refractivity contribution in [2.24, 2.45) is 11.3 Å². The number of benzene rings is 2. The van der Waals surface area contributed by atoms with E-state index in [0.29, 0.717) is 22.0 Å². The van der Waals surface area contributed by atoms with Gasteiger partial charge in [0.25, 0.3) is 5.91 Å². The number of nitrogens with zero attached hydrogens (tertiary/aromatic N) is 1. The van der Waals surface area contributed by atoms with E-state index in [1.807, 2.05) is 6.07 Å². The molecule has 0 saturated carbocycles. The zero-order valence-electron chi connectivity index (χ0n) is 20.2. The molecule has 0 spiro atoms. The van der Waals surface area contributed by atoms with Crippen molar-refractivity contribution in [3.05, 3.63) is 76.4 Å². The Bertz CT molecular complexity index is 1420. The number of pyridine rings is 1. The molecule has 1 heterocycles. The molecule has 37 heavy (non-hydrogen) atoms. The molecule has 0 saturated heterocycles. The molecule has 196 valence electrons. The average Bonchev–Trinajstić information content (AvgIpc) is 2.88. The molecule has 3 rings (SSSR count). The van der Waals surface area contributed by atoms with E-state index >= 15 is 0 Å². The van der Waals surface area contributed by atoms with Crippen LogP contribution < -0.4 is 15.5 Å². The fourth-order valence-corrected chi connectivity index (χ4v) is 5.13. The van der Waals surface area contributed by atoms with Crippen LogP contribution in [0.25, 0.3) is 11.3 Å². The second kappa shape index (κ2) is 11.6. The Morgan fingerprint density at radius 2 is 1.78 bits per heavy atom. The number of halogens is 2. The number of hydrogen-bond donors (Lipinski definition) is 4. The molecule has 4 N–H and O–H groups in total. The first kappa shape index (κ1) is 28.5. The van der Waals surface area contributed by atoms with E-state index in [2.05, 4.69) is 15.0 Å². The molecule has 3 aromatic rings. The van der Waals surface area contributed by atoms with E-state index in [4.69, 9.17) is 28.4 Å². The highest BCUT2D eigenvalue weighted by Gasteiger charge is 2.33. The summed E-state index contributed by atoms with van der Waals surface area (Å²) < 4.78 is 28.1. The second-order valence-corrected chi connectivity index (χ2v) is 11.6. The molecular formula is C25H26Cl2N4O5S. The summed E-state index contributed by atoms with van der Waals surface area (Å²) in [5, 5.41) is 12.0. The Kier molecular flexibility index (Phi) is 8.93. The van der Waals surface area contributed by atoms with Gasteiger partial charge in [-0.3, -0.25) is 19.8 Å². The van der Waals surface area contributed by atoms with Crippen molar-refractivity contribution in [3.63, 3.8) is 0 Å². The molecule has 0 aliphatic rings. The highest BCUT2D eigenvalue weighted by atomic mass is 35.5. The van der Waals surface area contributed by atoms with Gasteiger partial charge in [-0.1, -0.05) is 50.0 Å². The van der Waals surface area contributed by atoms with Crippen LogP contribution in [0.2, 0.25) is 10.0 Å². The van der Waals surface area contributed by atoms with Gasteiger partial charge in [0, 0.05) is 29.9 Å². The van der Waals surface area contributed by atoms with Crippen molar-refractivity contribution in [2.45, 2.75) is 25.7 Å². The van der Waals surface area contributed by atoms with Crippen LogP contribution in [0.4, 0.5) is 5.69 Å². The number of carbonyl (C=O) groups excluding carboxylic acids is 2. The highest BCUT2D eigenvalue weighted by molar-refractivity contribution is 7.89. The Morgan fingerprint density at radius 3 is 2.41 bits per heavy atom. The number of aromatic nitrogens is 1. The van der Waals surface area contributed by atoms with Crippen molar-refractivity contribution in [2.75, 3.05) is 11.9 Å². The average molecular weight is 565 g/mol. The summed E-state index contributed by atoms with van der Waals surface area (Å²) in [5.74, 6) is -1.85. The quantitative estimate of drug-likeness (QED) is 0.218. The molecule has 0 bridgehead atoms. The van der Waals surface area contributed by atoms with Gasteiger partial charge in [0.15, 0.2) is 0 Å². The van der Waals surface area contributed by atoms with E-state index in [0.717, 1.165) is 0 Å². The monoisotopic (exact) mass is 564 g/mol. The van der Waals surface area contributed by atoms with Gasteiger partial charge in [-0.05, 0) is 53.9 Å². The van der Waals surface area contributed by atoms with Crippen LogP contribution >= 0.6 is 23.2 Å². The third-order valence-corrected chi connectivity index (χ3v) is 8.10. The number of carbonyl (C=O) groups is 2. The third-order valence-electron chi connectivity index (χ3n) is 6.05. The fourth-order valence-electron chi connectivity index (χ4n) is 3.34. The van der Waals surface area contributed by atoms with Crippen LogP contribution in [0.5, 0.6) is 0 Å². The van der Waals surface area contributed by atoms with Crippen LogP contribution in [0, 0.1) is 11.3 Å². The predicted octanol–water partition coefficient (Wildman–Crippen LogP) is 4.75. The van der Waals surface area contributed by atoms with Crippen molar-refractivity contribution in [3.8, 4) is 11.3 Å². The summed E-state index contributed by atoms with van der Waals surface area (Å²) >= 11 is 12.6. The van der Waals surface area contributed by atoms with Gasteiger partial charge in [-0.25, -0.2) is 18.6 Å². The van der Waals surface area contributed by atoms with E-state index in [-0.39, 0.29) is 22.0 Å². The molecule has 2 amide bonds. The fraction of sp³-hybridized carbons (Fsp3) is 0.240. The topological polar surface area (TPSA) is 137 Å². The van der Waals surface area contributed by atoms with Crippen LogP contribution in [0.3, 0.4) is 0 Å². The molecule has 0 radical (unpaired) electrons. The lowest BCUT2D eigenvalue weighted by Gasteiger charge is -2.30. The molecule has 0 fully saturated rings. The van der Waals surface area contributed by atoms with Crippen LogP contribution in [-0.4, -0.2) is 37.0 Å². The molecule has 12 heteroatoms. The maximum absolute atomic E-state index is 12.9. The SMILES string of the molecule is CC(C(=O)NO)C(C)(C)CNS(=O)(=O)c1ccc(C(=O)Nc2ccc(Cl)c(-c3ccccn3)c2)c(Cl)c1. The first-order valence-corrected chi connectivity index (χ1v) is 13.3. The number of nitrogens with one attached hydrogen (secondary N) is 3. The summed E-state index contributed by atoms with van der Waals surface area (Å²) in [6, 6.07) is 14.1. The van der Waals surface area contributed by atoms with E-state index < -0.39 is 33.2 Å². The molecule has 2 aromatic carbocycles. The number of anilines is 1. The molecule has 1 unspecified atom stereocenters. The Labute approximate surface area is 225 Å². The zero-order chi connectivity index (χ0) is 27.4. The van der Waals surface area contributed by atoms with Gasteiger partial charge < -0.3 is 5.32 Å². The summed E-state index contributed by atoms with van der Waals surface area (Å²) in [6.45, 7) is 4.86. The number of hydroxylamine groups is 1. The van der Waals surface area contributed by atoms with E-state index in [1.54, 1.807) is 62.8 Å². The number of rotatable bonds is 9. The van der Waals surface area contributed by atoms with Crippen molar-refractivity contribution in [1.82, 2.24) is 15.2 Å². The second-order valence-electron chi connectivity index (χ2n) is 9.02. The van der Waals surface area contributed by atoms with E-state index in [9.17, 15) is 18.0 Å². The van der Waals surface area contributed by atoms with Gasteiger partial charge in [0.2, 0.25) is 15.9 Å². The Morgan fingerprint density at radius 1 is 1.05 bits per heavy atom. The highest BCUT2D eigenvalue weighted by Crippen LogP contribution is 2.30. The van der Waals surface area contributed by atoms with Gasteiger partial charge in [0.1, 0.15) is 0 Å². The Balaban J connectivity index is 1.76. The largest absolute Gasteiger partial charge is 0.322 e. The number of amides is 2. The lowest BCUT2D eigenvalue weighted by atomic mass is 9.80. The van der Waals surface area contributed by atoms with E-state index in [1.165, 1.54) is 18.2 Å². The smallest absolute Gasteiger partial charge is 0.257 e. The first-order chi connectivity index (χ1) is 17.4. The minimum atomic E-state index is -4.01. The first-order valence-electron chi connectivity index (χ1n) is 11.1. The maximum atomic E-state index is 12.9. The predicted molar refractivity (Wildman–Crippen MR) is 142 cm³/mol. The molecule has 1 aromatic heterocycles. The molecule has 9 nitrogen and oxygen atoms in total. The van der Waals surface area contributed by atoms with Gasteiger partial charge in [-0.2, -0.15) is 0 Å². The molecule has 0 aliphatic carbocycles. The molecule has 0 aliphatic heterocycles. The maximum Gasteiger partial charge on any atom is 0.257 e. The van der Waals surface area contributed by atoms with Crippen molar-refractivity contribution < 1.29 is 23.2 Å². The van der Waals surface area contributed by atoms with Crippen LogP contribution in [0.1, 0.15) is 31.1 Å². The molecule has 1 atom stereocenters. The minimum absolute atomic E-state index is 0.0634. The van der Waals surface area contributed by atoms with Crippen molar-refractivity contribution >= 4 is 50.7 Å². The molecular weight excluding hydrogens is 539 g/mol. The number of sulfonamides is 1. The summed E-state index contributed by atoms with van der Waals surface area (Å²) in [5.41, 5.74) is 2.56. The summed E-state index contributed by atoms with van der Waals surface area (Å²) in [4.78, 5) is 28.7. The number of hydrogen-bond acceptors (Lipinski definition) is 6. The summed E-state index contributed by atoms with van der Waals surface area (Å²) in [7, 11) is -4.01. The lowest BCUT2D eigenvalue weighted by Crippen LogP contribution is -2.43. The lowest BCUT2D eigenvalue weighted by molar-refractivity contribution is -0.136. The third kappa shape index (κ3) is 6.85.